The fourth-order valence-electron chi connectivity index (χ4n) is 23.9. The molecule has 434 valence electrons. The van der Waals surface area contributed by atoms with Gasteiger partial charge < -0.3 is 39.0 Å². The normalized spacial score (nSPS) is 56.7. The number of allylic oxidation sites excluding steroid dienone is 4. The van der Waals surface area contributed by atoms with E-state index in [4.69, 9.17) is 23.7 Å². The van der Waals surface area contributed by atoms with E-state index in [1.165, 1.54) is 12.0 Å². The van der Waals surface area contributed by atoms with Crippen LogP contribution in [0.3, 0.4) is 0 Å². The van der Waals surface area contributed by atoms with E-state index in [1.807, 2.05) is 27.7 Å². The zero-order chi connectivity index (χ0) is 56.1. The summed E-state index contributed by atoms with van der Waals surface area (Å²) >= 11 is 0. The lowest BCUT2D eigenvalue weighted by molar-refractivity contribution is -0.368. The Balaban J connectivity index is 0.000000164. The molecule has 0 spiro atoms. The summed E-state index contributed by atoms with van der Waals surface area (Å²) in [6, 6.07) is 0. The molecule has 0 aromatic rings. The number of hydrogen-bond acceptors (Lipinski definition) is 9. The number of rotatable bonds is 2. The van der Waals surface area contributed by atoms with Crippen molar-refractivity contribution in [2.24, 2.45) is 113 Å². The van der Waals surface area contributed by atoms with Gasteiger partial charge in [-0.05, 0) is 222 Å². The zero-order valence-electron chi connectivity index (χ0n) is 51.2. The van der Waals surface area contributed by atoms with Crippen molar-refractivity contribution in [3.63, 3.8) is 0 Å². The van der Waals surface area contributed by atoms with Gasteiger partial charge in [-0.3, -0.25) is 9.59 Å². The van der Waals surface area contributed by atoms with E-state index in [2.05, 4.69) is 95.2 Å². The predicted octanol–water partition coefficient (Wildman–Crippen LogP) is 13.8. The summed E-state index contributed by atoms with van der Waals surface area (Å²) in [5, 5.41) is 33.9. The molecule has 10 aliphatic carbocycles. The average Bonchev–Trinajstić information content (AvgIpc) is 3.36. The number of carbonyl (C=O) groups is 2. The van der Waals surface area contributed by atoms with E-state index in [1.54, 1.807) is 12.7 Å². The molecule has 24 atom stereocenters. The maximum atomic E-state index is 13.5. The summed E-state index contributed by atoms with van der Waals surface area (Å²) in [5.74, 6) is 2.32. The second-order valence-electron chi connectivity index (χ2n) is 32.4. The van der Waals surface area contributed by atoms with E-state index in [0.717, 1.165) is 96.3 Å². The Hall–Kier alpha value is -1.82. The third-order valence-electron chi connectivity index (χ3n) is 28.7. The molecule has 0 aromatic heterocycles. The highest BCUT2D eigenvalue weighted by Crippen LogP contribution is 2.79. The summed E-state index contributed by atoms with van der Waals surface area (Å²) < 4.78 is 31.0. The molecule has 77 heavy (non-hydrogen) atoms. The van der Waals surface area contributed by atoms with Gasteiger partial charge in [-0.25, -0.2) is 0 Å². The fraction of sp³-hybridized carbons (Fsp3) is 0.910. The Kier molecular flexibility index (Phi) is 13.2. The molecule has 3 N–H and O–H groups in total. The maximum absolute atomic E-state index is 13.5. The van der Waals surface area contributed by atoms with Gasteiger partial charge in [0, 0.05) is 10.8 Å². The van der Waals surface area contributed by atoms with Crippen molar-refractivity contribution in [2.45, 2.75) is 250 Å². The molecule has 0 aromatic carbocycles. The number of esters is 1. The van der Waals surface area contributed by atoms with Crippen LogP contribution in [0.1, 0.15) is 214 Å². The van der Waals surface area contributed by atoms with Crippen LogP contribution in [0.25, 0.3) is 0 Å². The molecule has 2 aliphatic heterocycles. The monoisotopic (exact) mass is 1070 g/mol. The van der Waals surface area contributed by atoms with Gasteiger partial charge in [0.1, 0.15) is 0 Å². The molecule has 2 heterocycles. The van der Waals surface area contributed by atoms with Gasteiger partial charge in [0.2, 0.25) is 0 Å². The van der Waals surface area contributed by atoms with Crippen molar-refractivity contribution < 1.29 is 48.6 Å². The lowest BCUT2D eigenvalue weighted by atomic mass is 9.33. The van der Waals surface area contributed by atoms with Gasteiger partial charge >= 0.3 is 11.9 Å². The predicted molar refractivity (Wildman–Crippen MR) is 299 cm³/mol. The number of ether oxygens (including phenoxy) is 5. The van der Waals surface area contributed by atoms with E-state index in [9.17, 15) is 24.9 Å². The van der Waals surface area contributed by atoms with E-state index in [0.29, 0.717) is 60.6 Å². The number of carbonyl (C=O) groups excluding carboxylic acids is 1. The summed E-state index contributed by atoms with van der Waals surface area (Å²) in [4.78, 5) is 26.4. The molecular weight excluding hydrogens is 965 g/mol. The molecule has 0 radical (unpaired) electrons. The molecule has 0 bridgehead atoms. The molecule has 10 fully saturated rings. The highest BCUT2D eigenvalue weighted by molar-refractivity contribution is 5.79. The minimum Gasteiger partial charge on any atom is -0.481 e. The SMILES string of the molecule is COC(=O)[C@]12CC[C@@H](C)[C@H](C)C1C1=CCC3[C@@]4(C)CC(O)C5OC(C)(C)OC[C@]5(C)C4CC[C@@]3(C)[C@]1(C)CC2.C[C@@H]1CC[C@]2(C(=O)O)CC[C@]3(C)C(=CCC4[C@@]5(C)C[C@@H](O)[C@@H]6OC(C)(C)OC[C@]6(C)C5CC[C@]43C)C2[C@H]1C. The Morgan fingerprint density at radius 1 is 0.519 bits per heavy atom. The number of aliphatic carboxylic acids is 1. The van der Waals surface area contributed by atoms with Crippen LogP contribution in [0.4, 0.5) is 0 Å². The highest BCUT2D eigenvalue weighted by atomic mass is 16.7. The van der Waals surface area contributed by atoms with Crippen LogP contribution in [0.15, 0.2) is 23.3 Å². The van der Waals surface area contributed by atoms with E-state index < -0.39 is 35.2 Å². The summed E-state index contributed by atoms with van der Waals surface area (Å²) in [6.45, 7) is 38.3. The molecule has 12 aliphatic rings. The van der Waals surface area contributed by atoms with Crippen LogP contribution in [-0.2, 0) is 33.3 Å². The number of carboxylic acid groups (broad SMARTS) is 1. The summed E-state index contributed by atoms with van der Waals surface area (Å²) in [6.07, 6.45) is 19.5. The lowest BCUT2D eigenvalue weighted by Crippen LogP contribution is -2.70. The minimum absolute atomic E-state index is 0.000727. The standard InChI is InChI=1S/C34H54O5.C33H52O5/c1-20-12-15-34(28(36)37-9)17-16-32(7)22(26(34)21(20)2)10-11-25-30(5)18-23(35)27-31(6,19-38-29(3,4)39-27)24(30)13-14-33(25,32)8;1-19-11-14-33(27(35)36)16-15-31(7)21(25(33)20(19)2)9-10-24-29(5)17-22(34)26-30(6,18-37-28(3,4)38-26)23(29)12-13-32(24,31)8/h10,20-21,23-27,35H,11-19H2,1-9H3;9,19-20,22-26,34H,10-18H2,1-8H3,(H,35,36)/t20-,21+,23?,24?,25?,26?,27?,30+,31-,32-,33-,34+;19-,20+,22-,23?,24?,25?,26+,29+,30-,31-,32-,33+/m11/s1. The third kappa shape index (κ3) is 7.42. The number of aliphatic hydroxyl groups is 2. The van der Waals surface area contributed by atoms with Gasteiger partial charge in [0.25, 0.3) is 0 Å². The summed E-state index contributed by atoms with van der Waals surface area (Å²) in [7, 11) is 1.58. The third-order valence-corrected chi connectivity index (χ3v) is 28.7. The van der Waals surface area contributed by atoms with Crippen molar-refractivity contribution in [3.8, 4) is 0 Å². The first-order chi connectivity index (χ1) is 35.7. The number of methoxy groups -OCH3 is 1. The number of carboxylic acids is 1. The lowest BCUT2D eigenvalue weighted by Gasteiger charge is -2.72. The molecule has 10 nitrogen and oxygen atoms in total. The van der Waals surface area contributed by atoms with Crippen molar-refractivity contribution in [2.75, 3.05) is 20.3 Å². The smallest absolute Gasteiger partial charge is 0.312 e. The van der Waals surface area contributed by atoms with Gasteiger partial charge in [-0.1, -0.05) is 106 Å². The molecule has 0 amide bonds. The van der Waals surface area contributed by atoms with E-state index in [-0.39, 0.29) is 78.7 Å². The van der Waals surface area contributed by atoms with Crippen LogP contribution in [0.2, 0.25) is 0 Å². The van der Waals surface area contributed by atoms with Gasteiger partial charge in [-0.15, -0.1) is 0 Å². The Labute approximate surface area is 465 Å². The first-order valence-corrected chi connectivity index (χ1v) is 31.4. The maximum Gasteiger partial charge on any atom is 0.312 e. The van der Waals surface area contributed by atoms with Crippen molar-refractivity contribution >= 4 is 11.9 Å². The second-order valence-corrected chi connectivity index (χ2v) is 32.4. The topological polar surface area (TPSA) is 141 Å². The molecule has 8 unspecified atom stereocenters. The Bertz CT molecular complexity index is 2450. The first-order valence-electron chi connectivity index (χ1n) is 31.4. The quantitative estimate of drug-likeness (QED) is 0.181. The van der Waals surface area contributed by atoms with Crippen molar-refractivity contribution in [1.29, 1.82) is 0 Å². The number of aliphatic hydroxyl groups excluding tert-OH is 2. The molecule has 2 saturated heterocycles. The van der Waals surface area contributed by atoms with Crippen LogP contribution < -0.4 is 0 Å². The fourth-order valence-corrected chi connectivity index (χ4v) is 23.9. The number of fused-ring (bicyclic) bond motifs is 18. The van der Waals surface area contributed by atoms with Crippen molar-refractivity contribution in [1.82, 2.24) is 0 Å². The first kappa shape index (κ1) is 57.0. The number of hydrogen-bond donors (Lipinski definition) is 3. The molecule has 10 heteroatoms. The summed E-state index contributed by atoms with van der Waals surface area (Å²) in [5.41, 5.74) is 1.83. The van der Waals surface area contributed by atoms with Gasteiger partial charge in [-0.2, -0.15) is 0 Å². The van der Waals surface area contributed by atoms with Gasteiger partial charge in [0.15, 0.2) is 11.6 Å². The highest BCUT2D eigenvalue weighted by Gasteiger charge is 2.74. The molecular formula is C67H106O10. The van der Waals surface area contributed by atoms with Crippen LogP contribution in [-0.4, -0.2) is 83.6 Å². The van der Waals surface area contributed by atoms with Crippen LogP contribution >= 0.6 is 0 Å². The van der Waals surface area contributed by atoms with Crippen LogP contribution in [0.5, 0.6) is 0 Å². The average molecular weight is 1070 g/mol. The Morgan fingerprint density at radius 2 is 0.909 bits per heavy atom. The largest absolute Gasteiger partial charge is 0.481 e. The molecule has 12 rings (SSSR count). The van der Waals surface area contributed by atoms with E-state index >= 15 is 0 Å². The Morgan fingerprint density at radius 3 is 1.31 bits per heavy atom. The van der Waals surface area contributed by atoms with Crippen molar-refractivity contribution in [3.05, 3.63) is 23.3 Å². The zero-order valence-corrected chi connectivity index (χ0v) is 51.2. The molecule has 8 saturated carbocycles. The second kappa shape index (κ2) is 17.9. The minimum atomic E-state index is -0.662. The van der Waals surface area contributed by atoms with Gasteiger partial charge in [0.05, 0.1) is 55.6 Å². The van der Waals surface area contributed by atoms with Crippen LogP contribution in [0, 0.1) is 113 Å².